The standard InChI is InChI=1S/C26H35N5O2/c1-21(2)10-17-31-25(33)30(16-5-6-22-8-14-27-15-9-22)24(32)26(31)11-18-29(19-12-26)20-23-7-3-4-13-28-23/h3-4,7-9,13-15,21H,5-6,10-12,16-20H2,1-2H3. The van der Waals surface area contributed by atoms with Crippen molar-refractivity contribution in [3.63, 3.8) is 0 Å². The van der Waals surface area contributed by atoms with Gasteiger partial charge >= 0.3 is 6.03 Å². The number of aryl methyl sites for hydroxylation is 1. The van der Waals surface area contributed by atoms with E-state index >= 15 is 0 Å². The van der Waals surface area contributed by atoms with Crippen LogP contribution in [-0.2, 0) is 17.8 Å². The van der Waals surface area contributed by atoms with Crippen molar-refractivity contribution in [3.05, 3.63) is 60.2 Å². The number of carbonyl (C=O) groups excluding carboxylic acids is 2. The van der Waals surface area contributed by atoms with Gasteiger partial charge in [0, 0.05) is 51.3 Å². The van der Waals surface area contributed by atoms with Gasteiger partial charge in [0.05, 0.1) is 5.69 Å². The van der Waals surface area contributed by atoms with E-state index in [1.807, 2.05) is 41.4 Å². The topological polar surface area (TPSA) is 69.6 Å². The molecule has 4 rings (SSSR count). The predicted octanol–water partition coefficient (Wildman–Crippen LogP) is 3.75. The molecule has 2 fully saturated rings. The van der Waals surface area contributed by atoms with Crippen molar-refractivity contribution in [3.8, 4) is 0 Å². The molecule has 2 saturated heterocycles. The average molecular weight is 450 g/mol. The normalized spacial score (nSPS) is 18.6. The van der Waals surface area contributed by atoms with Crippen LogP contribution in [-0.4, -0.2) is 68.3 Å². The molecule has 2 aliphatic rings. The average Bonchev–Trinajstić information content (AvgIpc) is 3.01. The van der Waals surface area contributed by atoms with Crippen LogP contribution in [0.5, 0.6) is 0 Å². The number of nitrogens with zero attached hydrogens (tertiary/aromatic N) is 5. The van der Waals surface area contributed by atoms with Gasteiger partial charge in [0.2, 0.25) is 0 Å². The number of rotatable bonds is 9. The second-order valence-electron chi connectivity index (χ2n) is 9.66. The summed E-state index contributed by atoms with van der Waals surface area (Å²) < 4.78 is 0. The second kappa shape index (κ2) is 10.4. The monoisotopic (exact) mass is 449 g/mol. The Balaban J connectivity index is 1.43. The SMILES string of the molecule is CC(C)CCN1C(=O)N(CCCc2ccncc2)C(=O)C12CCN(Cc1ccccn1)CC2. The van der Waals surface area contributed by atoms with Gasteiger partial charge in [-0.2, -0.15) is 0 Å². The van der Waals surface area contributed by atoms with E-state index in [9.17, 15) is 9.59 Å². The number of aromatic nitrogens is 2. The molecule has 176 valence electrons. The van der Waals surface area contributed by atoms with E-state index in [1.165, 1.54) is 10.5 Å². The first kappa shape index (κ1) is 23.4. The number of hydrogen-bond donors (Lipinski definition) is 0. The largest absolute Gasteiger partial charge is 0.327 e. The van der Waals surface area contributed by atoms with Crippen LogP contribution in [0.2, 0.25) is 0 Å². The fourth-order valence-corrected chi connectivity index (χ4v) is 4.95. The Labute approximate surface area is 196 Å². The maximum absolute atomic E-state index is 13.7. The molecule has 7 heteroatoms. The third-order valence-corrected chi connectivity index (χ3v) is 6.94. The Hall–Kier alpha value is -2.80. The molecule has 33 heavy (non-hydrogen) atoms. The van der Waals surface area contributed by atoms with Gasteiger partial charge in [0.15, 0.2) is 0 Å². The zero-order chi connectivity index (χ0) is 23.3. The zero-order valence-electron chi connectivity index (χ0n) is 19.8. The van der Waals surface area contributed by atoms with E-state index in [2.05, 4.69) is 28.7 Å². The van der Waals surface area contributed by atoms with E-state index < -0.39 is 5.54 Å². The number of likely N-dealkylation sites (tertiary alicyclic amines) is 1. The molecule has 4 heterocycles. The van der Waals surface area contributed by atoms with E-state index in [0.29, 0.717) is 31.8 Å². The van der Waals surface area contributed by atoms with Crippen LogP contribution in [0.3, 0.4) is 0 Å². The van der Waals surface area contributed by atoms with Crippen LogP contribution in [0.4, 0.5) is 4.79 Å². The van der Waals surface area contributed by atoms with Gasteiger partial charge in [0.1, 0.15) is 5.54 Å². The van der Waals surface area contributed by atoms with E-state index in [4.69, 9.17) is 0 Å². The maximum Gasteiger partial charge on any atom is 0.327 e. The van der Waals surface area contributed by atoms with Gasteiger partial charge < -0.3 is 4.90 Å². The summed E-state index contributed by atoms with van der Waals surface area (Å²) in [5.41, 5.74) is 1.53. The van der Waals surface area contributed by atoms with E-state index in [-0.39, 0.29) is 11.9 Å². The molecule has 0 aromatic carbocycles. The molecule has 0 radical (unpaired) electrons. The molecule has 0 N–H and O–H groups in total. The van der Waals surface area contributed by atoms with E-state index in [1.54, 1.807) is 12.4 Å². The summed E-state index contributed by atoms with van der Waals surface area (Å²) in [5.74, 6) is 0.485. The Morgan fingerprint density at radius 3 is 2.42 bits per heavy atom. The van der Waals surface area contributed by atoms with Crippen LogP contribution < -0.4 is 0 Å². The highest BCUT2D eigenvalue weighted by molar-refractivity contribution is 6.07. The summed E-state index contributed by atoms with van der Waals surface area (Å²) >= 11 is 0. The number of imide groups is 1. The highest BCUT2D eigenvalue weighted by Crippen LogP contribution is 2.38. The number of amides is 3. The van der Waals surface area contributed by atoms with Crippen molar-refractivity contribution in [2.24, 2.45) is 5.92 Å². The fourth-order valence-electron chi connectivity index (χ4n) is 4.95. The first-order valence-electron chi connectivity index (χ1n) is 12.1. The van der Waals surface area contributed by atoms with Crippen molar-refractivity contribution in [1.82, 2.24) is 24.7 Å². The number of pyridine rings is 2. The van der Waals surface area contributed by atoms with E-state index in [0.717, 1.165) is 44.6 Å². The van der Waals surface area contributed by atoms with Gasteiger partial charge in [-0.1, -0.05) is 19.9 Å². The highest BCUT2D eigenvalue weighted by atomic mass is 16.2. The van der Waals surface area contributed by atoms with Gasteiger partial charge in [0.25, 0.3) is 5.91 Å². The molecule has 0 unspecified atom stereocenters. The van der Waals surface area contributed by atoms with Gasteiger partial charge in [-0.3, -0.25) is 24.6 Å². The number of carbonyl (C=O) groups is 2. The minimum Gasteiger partial charge on any atom is -0.309 e. The summed E-state index contributed by atoms with van der Waals surface area (Å²) in [5, 5.41) is 0. The summed E-state index contributed by atoms with van der Waals surface area (Å²) in [4.78, 5) is 41.4. The van der Waals surface area contributed by atoms with Crippen LogP contribution >= 0.6 is 0 Å². The third kappa shape index (κ3) is 5.24. The molecule has 2 aliphatic heterocycles. The number of hydrogen-bond acceptors (Lipinski definition) is 5. The highest BCUT2D eigenvalue weighted by Gasteiger charge is 2.57. The Kier molecular flexibility index (Phi) is 7.38. The molecule has 0 saturated carbocycles. The summed E-state index contributed by atoms with van der Waals surface area (Å²) in [7, 11) is 0. The minimum absolute atomic E-state index is 0.00321. The zero-order valence-corrected chi connectivity index (χ0v) is 19.8. The molecule has 0 atom stereocenters. The van der Waals surface area contributed by atoms with Crippen molar-refractivity contribution in [1.29, 1.82) is 0 Å². The Morgan fingerprint density at radius 2 is 1.76 bits per heavy atom. The lowest BCUT2D eigenvalue weighted by atomic mass is 9.85. The molecule has 3 amide bonds. The molecular formula is C26H35N5O2. The van der Waals surface area contributed by atoms with Gasteiger partial charge in [-0.15, -0.1) is 0 Å². The minimum atomic E-state index is -0.691. The van der Waals surface area contributed by atoms with Crippen molar-refractivity contribution < 1.29 is 9.59 Å². The van der Waals surface area contributed by atoms with Crippen molar-refractivity contribution in [2.45, 2.75) is 58.0 Å². The molecule has 0 aliphatic carbocycles. The molecule has 7 nitrogen and oxygen atoms in total. The van der Waals surface area contributed by atoms with Crippen LogP contribution in [0.25, 0.3) is 0 Å². The lowest BCUT2D eigenvalue weighted by Gasteiger charge is -2.42. The molecule has 2 aromatic rings. The summed E-state index contributed by atoms with van der Waals surface area (Å²) in [6, 6.07) is 9.84. The molecule has 1 spiro atoms. The number of urea groups is 1. The first-order valence-corrected chi connectivity index (χ1v) is 12.1. The van der Waals surface area contributed by atoms with Crippen LogP contribution in [0, 0.1) is 5.92 Å². The second-order valence-corrected chi connectivity index (χ2v) is 9.66. The van der Waals surface area contributed by atoms with Gasteiger partial charge in [-0.25, -0.2) is 4.79 Å². The van der Waals surface area contributed by atoms with Gasteiger partial charge in [-0.05, 0) is 67.9 Å². The summed E-state index contributed by atoms with van der Waals surface area (Å²) in [6.07, 6.45) is 9.25. The van der Waals surface area contributed by atoms with Crippen molar-refractivity contribution >= 4 is 11.9 Å². The Bertz CT molecular complexity index is 926. The molecular weight excluding hydrogens is 414 g/mol. The number of piperidine rings is 1. The predicted molar refractivity (Wildman–Crippen MR) is 127 cm³/mol. The maximum atomic E-state index is 13.7. The molecule has 2 aromatic heterocycles. The lowest BCUT2D eigenvalue weighted by Crippen LogP contribution is -2.56. The van der Waals surface area contributed by atoms with Crippen LogP contribution in [0.1, 0.15) is 50.8 Å². The van der Waals surface area contributed by atoms with Crippen molar-refractivity contribution in [2.75, 3.05) is 26.2 Å². The quantitative estimate of drug-likeness (QED) is 0.545. The van der Waals surface area contributed by atoms with Crippen LogP contribution in [0.15, 0.2) is 48.9 Å². The lowest BCUT2D eigenvalue weighted by molar-refractivity contribution is -0.135. The smallest absolute Gasteiger partial charge is 0.309 e. The third-order valence-electron chi connectivity index (χ3n) is 6.94. The first-order chi connectivity index (χ1) is 16.0. The molecule has 0 bridgehead atoms. The summed E-state index contributed by atoms with van der Waals surface area (Å²) in [6.45, 7) is 7.80. The fraction of sp³-hybridized carbons (Fsp3) is 0.538. The Morgan fingerprint density at radius 1 is 1.00 bits per heavy atom.